The molecule has 0 amide bonds. The van der Waals surface area contributed by atoms with Crippen LogP contribution in [0, 0.1) is 11.5 Å². The van der Waals surface area contributed by atoms with Crippen molar-refractivity contribution in [1.29, 1.82) is 5.26 Å². The van der Waals surface area contributed by atoms with Crippen LogP contribution in [0.5, 0.6) is 0 Å². The van der Waals surface area contributed by atoms with E-state index in [1.165, 1.54) is 32.5 Å². The zero-order valence-corrected chi connectivity index (χ0v) is 43.9. The Morgan fingerprint density at radius 1 is 0.889 bits per heavy atom. The summed E-state index contributed by atoms with van der Waals surface area (Å²) in [6.45, 7) is 7.26. The number of piperidine rings is 2. The van der Waals surface area contributed by atoms with Crippen LogP contribution in [-0.2, 0) is 58.8 Å². The minimum Gasteiger partial charge on any atom is -0.481 e. The molecule has 0 saturated carbocycles. The first-order chi connectivity index (χ1) is 34.2. The largest absolute Gasteiger partial charge is 0.481 e. The number of nitrogen functional groups attached to an aromatic ring is 1. The van der Waals surface area contributed by atoms with E-state index >= 15 is 0 Å². The van der Waals surface area contributed by atoms with E-state index in [0.717, 1.165) is 85.6 Å². The number of carbonyl (C=O) groups excluding carboxylic acids is 1. The summed E-state index contributed by atoms with van der Waals surface area (Å²) >= 11 is 13.4. The van der Waals surface area contributed by atoms with Gasteiger partial charge in [-0.1, -0.05) is 59.2 Å². The molecule has 4 saturated heterocycles. The molecule has 9 rings (SSSR count). The number of carbonyl (C=O) groups is 2. The highest BCUT2D eigenvalue weighted by Gasteiger charge is 2.36. The van der Waals surface area contributed by atoms with Gasteiger partial charge < -0.3 is 35.4 Å². The second-order valence-electron chi connectivity index (χ2n) is 17.3. The van der Waals surface area contributed by atoms with Gasteiger partial charge in [-0.25, -0.2) is 5.10 Å². The summed E-state index contributed by atoms with van der Waals surface area (Å²) in [7, 11) is 3.54. The molecular weight excluding hydrogens is 1010 g/mol. The molecule has 2 aromatic carbocycles. The molecule has 5 aromatic rings. The molecule has 0 bridgehead atoms. The lowest BCUT2D eigenvalue weighted by Crippen LogP contribution is -2.57. The summed E-state index contributed by atoms with van der Waals surface area (Å²) in [5.41, 5.74) is 8.23. The highest BCUT2D eigenvalue weighted by Crippen LogP contribution is 2.28. The molecule has 27 heteroatoms. The van der Waals surface area contributed by atoms with Crippen LogP contribution in [0.4, 0.5) is 11.9 Å². The second kappa shape index (κ2) is 29.2. The number of aromatic nitrogens is 11. The molecule has 5 N–H and O–H groups in total. The third-order valence-electron chi connectivity index (χ3n) is 11.9. The quantitative estimate of drug-likeness (QED) is 0.0885. The summed E-state index contributed by atoms with van der Waals surface area (Å²) in [6.07, 6.45) is 10.2. The van der Waals surface area contributed by atoms with Crippen LogP contribution in [0.25, 0.3) is 0 Å². The number of ketones is 1. The van der Waals surface area contributed by atoms with Gasteiger partial charge in [-0.2, -0.15) is 19.8 Å². The second-order valence-corrected chi connectivity index (χ2v) is 19.0. The molecule has 72 heavy (non-hydrogen) atoms. The van der Waals surface area contributed by atoms with E-state index in [-0.39, 0.29) is 24.6 Å². The lowest BCUT2D eigenvalue weighted by molar-refractivity contribution is -0.134. The lowest BCUT2D eigenvalue weighted by atomic mass is 9.96. The van der Waals surface area contributed by atoms with E-state index < -0.39 is 5.97 Å². The molecule has 7 heterocycles. The standard InChI is InChI=1S/C21H29ClN10O.C14H18ClN5O.C8H11N3OS.C2H4O2.ClH/c1-30-28-19(25-29-30)11-18-12-32(17(13-33-18)10-14-2-4-15(22)5-3-14)16-6-8-31(9-7-16)21-24-20(23)26-27-21;1-20-18-14(17-19-20)7-13-8-16-12(9-21-13)6-10-2-4-11(15)5-3-10;1-13-8(10-6-9)11-4-2-7(12)3-5-11;1-2(3)4;/h2-5,16-18H,6-13H2,1H3,(H3,23,24,26,27);2-5,12-13,16H,6-9H2,1H3;2-5H2,1H3;1H3,(H,3,4);1H/t17-,18-;12-,13-;;;/m00.../s1. The highest BCUT2D eigenvalue weighted by atomic mass is 35.5. The van der Waals surface area contributed by atoms with Crippen molar-refractivity contribution in [3.05, 3.63) is 81.4 Å². The molecule has 0 radical (unpaired) electrons. The number of carboxylic acids is 1. The first-order valence-electron chi connectivity index (χ1n) is 23.3. The van der Waals surface area contributed by atoms with Crippen LogP contribution in [0.15, 0.2) is 53.5 Å². The van der Waals surface area contributed by atoms with E-state index in [1.807, 2.05) is 35.4 Å². The molecule has 0 aliphatic carbocycles. The Kier molecular flexibility index (Phi) is 23.3. The molecule has 390 valence electrons. The van der Waals surface area contributed by atoms with Crippen LogP contribution in [0.1, 0.15) is 55.4 Å². The number of amidine groups is 1. The van der Waals surface area contributed by atoms with Crippen molar-refractivity contribution < 1.29 is 24.2 Å². The number of ether oxygens (including phenoxy) is 2. The number of aliphatic imine (C=N–C) groups is 1. The highest BCUT2D eigenvalue weighted by molar-refractivity contribution is 8.13. The van der Waals surface area contributed by atoms with E-state index in [2.05, 4.69) is 90.4 Å². The van der Waals surface area contributed by atoms with Crippen molar-refractivity contribution in [2.24, 2.45) is 19.1 Å². The number of aromatic amines is 1. The predicted molar refractivity (Wildman–Crippen MR) is 276 cm³/mol. The number of thioether (sulfide) groups is 1. The van der Waals surface area contributed by atoms with Gasteiger partial charge in [0.25, 0.3) is 5.97 Å². The summed E-state index contributed by atoms with van der Waals surface area (Å²) < 4.78 is 12.2. The number of H-pyrrole nitrogens is 1. The summed E-state index contributed by atoms with van der Waals surface area (Å²) in [4.78, 5) is 37.7. The van der Waals surface area contributed by atoms with Crippen molar-refractivity contribution in [3.8, 4) is 6.19 Å². The van der Waals surface area contributed by atoms with Gasteiger partial charge in [-0.15, -0.1) is 42.9 Å². The van der Waals surface area contributed by atoms with E-state index in [1.54, 1.807) is 20.3 Å². The number of hydrogen-bond acceptors (Lipinski definition) is 19. The molecule has 4 aliphatic rings. The number of morpholine rings is 2. The van der Waals surface area contributed by atoms with Crippen LogP contribution in [0.3, 0.4) is 0 Å². The predicted octanol–water partition coefficient (Wildman–Crippen LogP) is 3.46. The van der Waals surface area contributed by atoms with Crippen molar-refractivity contribution in [2.45, 2.75) is 88.6 Å². The Morgan fingerprint density at radius 2 is 1.44 bits per heavy atom. The molecule has 23 nitrogen and oxygen atoms in total. The molecular formula is C45H63Cl3N18O5S. The van der Waals surface area contributed by atoms with Gasteiger partial charge >= 0.3 is 0 Å². The average molecular weight is 1070 g/mol. The maximum absolute atomic E-state index is 10.9. The van der Waals surface area contributed by atoms with Crippen molar-refractivity contribution in [2.75, 3.05) is 69.4 Å². The van der Waals surface area contributed by atoms with E-state index in [0.29, 0.717) is 87.8 Å². The summed E-state index contributed by atoms with van der Waals surface area (Å²) in [5, 5.41) is 52.9. The minimum atomic E-state index is -0.833. The fraction of sp³-hybridized carbons (Fsp3) is 0.556. The van der Waals surface area contributed by atoms with E-state index in [9.17, 15) is 4.79 Å². The Hall–Kier alpha value is -5.52. The number of carboxylic acid groups (broad SMARTS) is 1. The Bertz CT molecular complexity index is 2480. The van der Waals surface area contributed by atoms with Gasteiger partial charge in [0, 0.05) is 100 Å². The number of aryl methyl sites for hydroxylation is 2. The average Bonchev–Trinajstić information content (AvgIpc) is 4.11. The van der Waals surface area contributed by atoms with Crippen molar-refractivity contribution in [3.63, 3.8) is 0 Å². The number of Topliss-reactive ketones (excluding diaryl/α,β-unsaturated/α-hetero) is 1. The van der Waals surface area contributed by atoms with Crippen LogP contribution >= 0.6 is 47.4 Å². The van der Waals surface area contributed by atoms with Crippen LogP contribution < -0.4 is 16.0 Å². The topological polar surface area (TPSA) is 286 Å². The fourth-order valence-electron chi connectivity index (χ4n) is 8.51. The summed E-state index contributed by atoms with van der Waals surface area (Å²) in [6, 6.07) is 17.1. The van der Waals surface area contributed by atoms with Crippen LogP contribution in [-0.4, -0.2) is 176 Å². The number of aliphatic carboxylic acids is 1. The minimum absolute atomic E-state index is 0. The Labute approximate surface area is 439 Å². The third kappa shape index (κ3) is 18.8. The number of hydrogen-bond donors (Lipinski definition) is 4. The Balaban J connectivity index is 0.000000211. The SMILES string of the molecule is CC(=O)O.CSC(=NC#N)N1CCC(=O)CC1.Cl.Cn1nnc(C[C@H]2CN(C3CCN(c4n[nH]c(N)n4)CC3)[C@@H](Cc3ccc(Cl)cc3)CO2)n1.Cn1nnc(C[C@H]2CN[C@@H](Cc3ccc(Cl)cc3)CO2)n1. The fourth-order valence-corrected chi connectivity index (χ4v) is 9.34. The molecule has 4 atom stereocenters. The molecule has 4 fully saturated rings. The van der Waals surface area contributed by atoms with Gasteiger partial charge in [-0.3, -0.25) is 14.5 Å². The first kappa shape index (κ1) is 57.4. The monoisotopic (exact) mass is 1070 g/mol. The third-order valence-corrected chi connectivity index (χ3v) is 13.1. The number of benzene rings is 2. The zero-order chi connectivity index (χ0) is 50.7. The number of tetrazole rings is 2. The molecule has 0 spiro atoms. The molecule has 3 aromatic heterocycles. The van der Waals surface area contributed by atoms with Gasteiger partial charge in [0.15, 0.2) is 16.8 Å². The Morgan fingerprint density at radius 3 is 1.93 bits per heavy atom. The number of likely N-dealkylation sites (tertiary alicyclic amines) is 1. The number of anilines is 2. The van der Waals surface area contributed by atoms with Crippen LogP contribution in [0.2, 0.25) is 10.0 Å². The molecule has 0 unspecified atom stereocenters. The number of nitriles is 1. The maximum atomic E-state index is 10.9. The van der Waals surface area contributed by atoms with Crippen molar-refractivity contribution >= 4 is 76.2 Å². The van der Waals surface area contributed by atoms with Gasteiger partial charge in [0.1, 0.15) is 5.78 Å². The van der Waals surface area contributed by atoms with E-state index in [4.69, 9.17) is 53.6 Å². The maximum Gasteiger partial charge on any atom is 0.300 e. The number of nitrogens with zero attached hydrogens (tertiary/aromatic N) is 15. The lowest BCUT2D eigenvalue weighted by Gasteiger charge is -2.46. The van der Waals surface area contributed by atoms with Gasteiger partial charge in [-0.05, 0) is 77.8 Å². The number of rotatable bonds is 10. The summed E-state index contributed by atoms with van der Waals surface area (Å²) in [5.74, 6) is 1.94. The van der Waals surface area contributed by atoms with Gasteiger partial charge in [0.2, 0.25) is 18.1 Å². The number of nitrogens with one attached hydrogen (secondary N) is 2. The number of halogens is 3. The van der Waals surface area contributed by atoms with Crippen molar-refractivity contribution in [1.82, 2.24) is 70.7 Å². The molecule has 4 aliphatic heterocycles. The zero-order valence-electron chi connectivity index (χ0n) is 40.8. The smallest absolute Gasteiger partial charge is 0.300 e. The first-order valence-corrected chi connectivity index (χ1v) is 25.3. The van der Waals surface area contributed by atoms with Gasteiger partial charge in [0.05, 0.1) is 39.5 Å². The number of nitrogens with two attached hydrogens (primary N) is 1. The normalized spacial score (nSPS) is 20.6.